The molecule has 1 unspecified atom stereocenters. The lowest BCUT2D eigenvalue weighted by molar-refractivity contribution is -0.132. The van der Waals surface area contributed by atoms with Crippen LogP contribution in [0.2, 0.25) is 5.02 Å². The minimum atomic E-state index is -0.939. The Morgan fingerprint density at radius 1 is 0.971 bits per heavy atom. The summed E-state index contributed by atoms with van der Waals surface area (Å²) >= 11 is 6.05. The third-order valence-electron chi connectivity index (χ3n) is 5.70. The van der Waals surface area contributed by atoms with Gasteiger partial charge in [-0.1, -0.05) is 29.8 Å². The van der Waals surface area contributed by atoms with Crippen molar-refractivity contribution in [1.29, 1.82) is 0 Å². The van der Waals surface area contributed by atoms with Crippen LogP contribution >= 0.6 is 11.6 Å². The molecule has 1 amide bonds. The summed E-state index contributed by atoms with van der Waals surface area (Å²) in [5.74, 6) is -0.864. The number of aliphatic hydroxyl groups excluding tert-OH is 1. The number of hydrogen-bond acceptors (Lipinski definition) is 6. The maximum atomic E-state index is 13.4. The van der Waals surface area contributed by atoms with Gasteiger partial charge in [-0.2, -0.15) is 0 Å². The standard InChI is InChI=1S/C27H24ClNO6/c1-4-35-19-8-5-7-16(15-19)24-23(25(30)22-20(33-2)9-6-10-21(22)34-3)26(31)27(32)29(24)18-13-11-17(28)12-14-18/h5-15,24,30H,4H2,1-3H3/b25-23+. The molecule has 3 aromatic carbocycles. The molecule has 1 aliphatic heterocycles. The molecule has 1 heterocycles. The predicted octanol–water partition coefficient (Wildman–Crippen LogP) is 5.38. The molecule has 1 N–H and O–H groups in total. The Bertz CT molecular complexity index is 1280. The van der Waals surface area contributed by atoms with Crippen molar-refractivity contribution >= 4 is 34.7 Å². The molecule has 0 bridgehead atoms. The maximum Gasteiger partial charge on any atom is 0.300 e. The molecule has 1 saturated heterocycles. The Kier molecular flexibility index (Phi) is 6.98. The number of ether oxygens (including phenoxy) is 3. The molecule has 1 atom stereocenters. The number of carbonyl (C=O) groups excluding carboxylic acids is 2. The van der Waals surface area contributed by atoms with Gasteiger partial charge in [0.05, 0.1) is 32.4 Å². The number of hydrogen-bond donors (Lipinski definition) is 1. The predicted molar refractivity (Wildman–Crippen MR) is 133 cm³/mol. The molecule has 0 aromatic heterocycles. The van der Waals surface area contributed by atoms with Crippen LogP contribution in [-0.4, -0.2) is 37.6 Å². The normalized spacial score (nSPS) is 16.9. The molecule has 8 heteroatoms. The molecule has 180 valence electrons. The van der Waals surface area contributed by atoms with Gasteiger partial charge in [0.25, 0.3) is 11.7 Å². The third kappa shape index (κ3) is 4.42. The van der Waals surface area contributed by atoms with Crippen molar-refractivity contribution in [2.45, 2.75) is 13.0 Å². The lowest BCUT2D eigenvalue weighted by Crippen LogP contribution is -2.29. The van der Waals surface area contributed by atoms with E-state index in [2.05, 4.69) is 0 Å². The van der Waals surface area contributed by atoms with Crippen LogP contribution < -0.4 is 19.1 Å². The number of nitrogens with zero attached hydrogens (tertiary/aromatic N) is 1. The number of methoxy groups -OCH3 is 2. The summed E-state index contributed by atoms with van der Waals surface area (Å²) in [5.41, 5.74) is 1.12. The second-order valence-electron chi connectivity index (χ2n) is 7.69. The van der Waals surface area contributed by atoms with Crippen LogP contribution in [0.25, 0.3) is 5.76 Å². The van der Waals surface area contributed by atoms with E-state index in [9.17, 15) is 14.7 Å². The van der Waals surface area contributed by atoms with Crippen molar-refractivity contribution in [3.8, 4) is 17.2 Å². The van der Waals surface area contributed by atoms with E-state index in [0.29, 0.717) is 40.1 Å². The largest absolute Gasteiger partial charge is 0.506 e. The summed E-state index contributed by atoms with van der Waals surface area (Å²) in [4.78, 5) is 28.1. The number of rotatable bonds is 7. The zero-order chi connectivity index (χ0) is 25.1. The van der Waals surface area contributed by atoms with Gasteiger partial charge in [0.1, 0.15) is 28.6 Å². The minimum absolute atomic E-state index is 0.0959. The highest BCUT2D eigenvalue weighted by atomic mass is 35.5. The van der Waals surface area contributed by atoms with E-state index in [4.69, 9.17) is 25.8 Å². The second-order valence-corrected chi connectivity index (χ2v) is 8.12. The molecule has 1 aliphatic rings. The van der Waals surface area contributed by atoms with E-state index in [1.807, 2.05) is 6.92 Å². The summed E-state index contributed by atoms with van der Waals surface area (Å²) in [6.07, 6.45) is 0. The Hall–Kier alpha value is -3.97. The van der Waals surface area contributed by atoms with Gasteiger partial charge in [-0.25, -0.2) is 0 Å². The summed E-state index contributed by atoms with van der Waals surface area (Å²) in [7, 11) is 2.89. The molecule has 0 spiro atoms. The van der Waals surface area contributed by atoms with Gasteiger partial charge >= 0.3 is 0 Å². The summed E-state index contributed by atoms with van der Waals surface area (Å²) < 4.78 is 16.5. The fourth-order valence-corrected chi connectivity index (χ4v) is 4.30. The van der Waals surface area contributed by atoms with Crippen LogP contribution in [0.3, 0.4) is 0 Å². The third-order valence-corrected chi connectivity index (χ3v) is 5.95. The first-order valence-corrected chi connectivity index (χ1v) is 11.3. The molecular weight excluding hydrogens is 470 g/mol. The minimum Gasteiger partial charge on any atom is -0.506 e. The van der Waals surface area contributed by atoms with E-state index in [1.165, 1.54) is 19.1 Å². The van der Waals surface area contributed by atoms with Gasteiger partial charge in [-0.05, 0) is 61.0 Å². The first kappa shape index (κ1) is 24.2. The zero-order valence-corrected chi connectivity index (χ0v) is 20.2. The lowest BCUT2D eigenvalue weighted by atomic mass is 9.94. The van der Waals surface area contributed by atoms with Crippen LogP contribution in [-0.2, 0) is 9.59 Å². The first-order chi connectivity index (χ1) is 16.9. The highest BCUT2D eigenvalue weighted by molar-refractivity contribution is 6.51. The van der Waals surface area contributed by atoms with Gasteiger partial charge in [0.2, 0.25) is 0 Å². The molecular formula is C27H24ClNO6. The molecule has 35 heavy (non-hydrogen) atoms. The summed E-state index contributed by atoms with van der Waals surface area (Å²) in [6.45, 7) is 2.31. The van der Waals surface area contributed by atoms with E-state index in [0.717, 1.165) is 0 Å². The van der Waals surface area contributed by atoms with E-state index >= 15 is 0 Å². The SMILES string of the molecule is CCOc1cccc(C2/C(=C(\O)c3c(OC)cccc3OC)C(=O)C(=O)N2c2ccc(Cl)cc2)c1. The van der Waals surface area contributed by atoms with Gasteiger partial charge < -0.3 is 19.3 Å². The molecule has 4 rings (SSSR count). The Morgan fingerprint density at radius 2 is 1.60 bits per heavy atom. The maximum absolute atomic E-state index is 13.4. The monoisotopic (exact) mass is 493 g/mol. The highest BCUT2D eigenvalue weighted by Gasteiger charge is 2.47. The van der Waals surface area contributed by atoms with E-state index < -0.39 is 23.5 Å². The fourth-order valence-electron chi connectivity index (χ4n) is 4.18. The van der Waals surface area contributed by atoms with Crippen molar-refractivity contribution in [2.75, 3.05) is 25.7 Å². The van der Waals surface area contributed by atoms with Crippen molar-refractivity contribution < 1.29 is 28.9 Å². The fraction of sp³-hybridized carbons (Fsp3) is 0.185. The van der Waals surface area contributed by atoms with E-state index in [-0.39, 0.29) is 11.1 Å². The molecule has 0 saturated carbocycles. The number of amides is 1. The van der Waals surface area contributed by atoms with Crippen molar-refractivity contribution in [3.63, 3.8) is 0 Å². The van der Waals surface area contributed by atoms with Crippen molar-refractivity contribution in [1.82, 2.24) is 0 Å². The first-order valence-electron chi connectivity index (χ1n) is 10.9. The summed E-state index contributed by atoms with van der Waals surface area (Å²) in [5, 5.41) is 12.0. The van der Waals surface area contributed by atoms with Crippen molar-refractivity contribution in [3.05, 3.63) is 88.5 Å². The number of ketones is 1. The Labute approximate surface area is 208 Å². The number of anilines is 1. The van der Waals surface area contributed by atoms with Gasteiger partial charge in [-0.15, -0.1) is 0 Å². The van der Waals surface area contributed by atoms with Gasteiger partial charge in [-0.3, -0.25) is 14.5 Å². The molecule has 3 aromatic rings. The Balaban J connectivity index is 2.00. The smallest absolute Gasteiger partial charge is 0.300 e. The van der Waals surface area contributed by atoms with Gasteiger partial charge in [0.15, 0.2) is 0 Å². The lowest BCUT2D eigenvalue weighted by Gasteiger charge is -2.26. The molecule has 0 aliphatic carbocycles. The van der Waals surface area contributed by atoms with Gasteiger partial charge in [0, 0.05) is 10.7 Å². The topological polar surface area (TPSA) is 85.3 Å². The molecule has 7 nitrogen and oxygen atoms in total. The van der Waals surface area contributed by atoms with E-state index in [1.54, 1.807) is 66.7 Å². The Morgan fingerprint density at radius 3 is 2.20 bits per heavy atom. The molecule has 0 radical (unpaired) electrons. The quantitative estimate of drug-likeness (QED) is 0.270. The summed E-state index contributed by atoms with van der Waals surface area (Å²) in [6, 6.07) is 17.7. The number of Topliss-reactive ketones (excluding diaryl/α,β-unsaturated/α-hetero) is 1. The number of benzene rings is 3. The van der Waals surface area contributed by atoms with Crippen LogP contribution in [0.1, 0.15) is 24.1 Å². The van der Waals surface area contributed by atoms with Crippen LogP contribution in [0, 0.1) is 0 Å². The molecule has 1 fully saturated rings. The number of carbonyl (C=O) groups is 2. The number of aliphatic hydroxyl groups is 1. The van der Waals surface area contributed by atoms with Crippen LogP contribution in [0.4, 0.5) is 5.69 Å². The zero-order valence-electron chi connectivity index (χ0n) is 19.4. The van der Waals surface area contributed by atoms with Crippen LogP contribution in [0.15, 0.2) is 72.3 Å². The van der Waals surface area contributed by atoms with Crippen LogP contribution in [0.5, 0.6) is 17.2 Å². The average molecular weight is 494 g/mol. The number of halogens is 1. The highest BCUT2D eigenvalue weighted by Crippen LogP contribution is 2.45. The average Bonchev–Trinajstić information content (AvgIpc) is 3.14. The van der Waals surface area contributed by atoms with Crippen molar-refractivity contribution in [2.24, 2.45) is 0 Å². The second kappa shape index (κ2) is 10.1.